The van der Waals surface area contributed by atoms with Gasteiger partial charge in [-0.25, -0.2) is 13.2 Å². The van der Waals surface area contributed by atoms with Crippen molar-refractivity contribution in [3.05, 3.63) is 65.5 Å². The highest BCUT2D eigenvalue weighted by Gasteiger charge is 2.42. The van der Waals surface area contributed by atoms with Crippen LogP contribution in [0.5, 0.6) is 0 Å². The van der Waals surface area contributed by atoms with E-state index in [9.17, 15) is 22.8 Å². The molecule has 1 fully saturated rings. The maximum atomic E-state index is 13.7. The molecule has 2 aliphatic rings. The number of piperidine rings is 1. The zero-order valence-corrected chi connectivity index (χ0v) is 15.9. The fourth-order valence-corrected chi connectivity index (χ4v) is 3.70. The molecular weight excluding hydrogens is 397 g/mol. The van der Waals surface area contributed by atoms with Crippen LogP contribution in [0.2, 0.25) is 0 Å². The third-order valence-corrected chi connectivity index (χ3v) is 5.24. The normalized spacial score (nSPS) is 18.2. The number of carbonyl (C=O) groups excluding carboxylic acids is 2. The van der Waals surface area contributed by atoms with Gasteiger partial charge in [0.15, 0.2) is 0 Å². The fourth-order valence-electron chi connectivity index (χ4n) is 3.70. The lowest BCUT2D eigenvalue weighted by Gasteiger charge is -2.36. The summed E-state index contributed by atoms with van der Waals surface area (Å²) in [6.45, 7) is 1.00. The maximum absolute atomic E-state index is 13.7. The molecule has 0 aliphatic carbocycles. The smallest absolute Gasteiger partial charge is 0.272 e. The zero-order chi connectivity index (χ0) is 21.3. The Morgan fingerprint density at radius 3 is 2.53 bits per heavy atom. The van der Waals surface area contributed by atoms with Crippen LogP contribution in [-0.2, 0) is 9.59 Å². The van der Waals surface area contributed by atoms with E-state index in [4.69, 9.17) is 0 Å². The summed E-state index contributed by atoms with van der Waals surface area (Å²) in [5.74, 6) is -2.77. The van der Waals surface area contributed by atoms with Crippen LogP contribution in [0.3, 0.4) is 0 Å². The van der Waals surface area contributed by atoms with Crippen molar-refractivity contribution in [3.63, 3.8) is 0 Å². The largest absolute Gasteiger partial charge is 0.326 e. The monoisotopic (exact) mass is 416 g/mol. The molecule has 0 aromatic heterocycles. The van der Waals surface area contributed by atoms with Crippen molar-refractivity contribution in [2.45, 2.75) is 18.5 Å². The van der Waals surface area contributed by atoms with Crippen LogP contribution >= 0.6 is 0 Å². The fraction of sp³-hybridized carbons (Fsp3) is 0.286. The summed E-state index contributed by atoms with van der Waals surface area (Å²) in [5.41, 5.74) is -0.225. The second kappa shape index (κ2) is 7.91. The van der Waals surface area contributed by atoms with E-state index in [2.05, 4.69) is 15.6 Å². The summed E-state index contributed by atoms with van der Waals surface area (Å²) >= 11 is 0. The Balaban J connectivity index is 1.36. The number of nitrogens with one attached hydrogen (secondary N) is 2. The molecule has 2 amide bonds. The van der Waals surface area contributed by atoms with Crippen molar-refractivity contribution in [2.24, 2.45) is 4.99 Å². The molecule has 4 rings (SSSR count). The summed E-state index contributed by atoms with van der Waals surface area (Å²) in [7, 11) is 0. The first kappa shape index (κ1) is 20.1. The number of rotatable bonds is 4. The van der Waals surface area contributed by atoms with Crippen molar-refractivity contribution < 1.29 is 22.8 Å². The van der Waals surface area contributed by atoms with Gasteiger partial charge in [-0.15, -0.1) is 0 Å². The molecule has 2 aromatic carbocycles. The maximum Gasteiger partial charge on any atom is 0.272 e. The second-order valence-corrected chi connectivity index (χ2v) is 7.40. The number of hydrogen-bond acceptors (Lipinski definition) is 4. The lowest BCUT2D eigenvalue weighted by atomic mass is 9.98. The van der Waals surface area contributed by atoms with E-state index in [1.165, 1.54) is 24.3 Å². The summed E-state index contributed by atoms with van der Waals surface area (Å²) in [6, 6.07) is 8.67. The molecule has 2 heterocycles. The van der Waals surface area contributed by atoms with Crippen LogP contribution in [0, 0.1) is 17.5 Å². The Morgan fingerprint density at radius 2 is 1.83 bits per heavy atom. The van der Waals surface area contributed by atoms with Crippen molar-refractivity contribution in [1.82, 2.24) is 10.2 Å². The molecule has 9 heteroatoms. The SMILES string of the molecule is O=C(CN1CCC2(CC1)N=C(c1cccc(F)c1)C(=O)N2)Nc1ccc(F)cc1F. The summed E-state index contributed by atoms with van der Waals surface area (Å²) in [5, 5.41) is 5.32. The minimum absolute atomic E-state index is 0.0291. The molecule has 0 saturated carbocycles. The Kier molecular flexibility index (Phi) is 5.29. The molecule has 1 saturated heterocycles. The van der Waals surface area contributed by atoms with Gasteiger partial charge in [-0.05, 0) is 24.3 Å². The number of amides is 2. The number of anilines is 1. The topological polar surface area (TPSA) is 73.8 Å². The van der Waals surface area contributed by atoms with Gasteiger partial charge in [0.25, 0.3) is 5.91 Å². The Bertz CT molecular complexity index is 1030. The highest BCUT2D eigenvalue weighted by atomic mass is 19.1. The van der Waals surface area contributed by atoms with E-state index in [-0.39, 0.29) is 23.9 Å². The van der Waals surface area contributed by atoms with Crippen LogP contribution in [0.25, 0.3) is 0 Å². The minimum Gasteiger partial charge on any atom is -0.326 e. The molecule has 0 unspecified atom stereocenters. The van der Waals surface area contributed by atoms with Gasteiger partial charge in [0, 0.05) is 37.6 Å². The van der Waals surface area contributed by atoms with Crippen molar-refractivity contribution in [2.75, 3.05) is 25.0 Å². The molecule has 2 N–H and O–H groups in total. The molecule has 2 aliphatic heterocycles. The van der Waals surface area contributed by atoms with Gasteiger partial charge in [-0.2, -0.15) is 0 Å². The molecule has 0 radical (unpaired) electrons. The number of nitrogens with zero attached hydrogens (tertiary/aromatic N) is 2. The summed E-state index contributed by atoms with van der Waals surface area (Å²) < 4.78 is 40.1. The van der Waals surface area contributed by atoms with E-state index >= 15 is 0 Å². The number of benzene rings is 2. The lowest BCUT2D eigenvalue weighted by molar-refractivity contribution is -0.119. The average Bonchev–Trinajstić information content (AvgIpc) is 3.02. The predicted molar refractivity (Wildman–Crippen MR) is 104 cm³/mol. The second-order valence-electron chi connectivity index (χ2n) is 7.40. The molecule has 156 valence electrons. The van der Waals surface area contributed by atoms with Gasteiger partial charge in [0.2, 0.25) is 5.91 Å². The molecule has 1 spiro atoms. The number of halogens is 3. The standard InChI is InChI=1S/C21H19F3N4O2/c22-14-3-1-2-13(10-14)19-20(30)27-21(26-19)6-8-28(9-7-21)12-18(29)25-17-5-4-15(23)11-16(17)24/h1-5,10-11H,6-9,12H2,(H,25,29)(H,27,30). The first-order chi connectivity index (χ1) is 14.3. The van der Waals surface area contributed by atoms with Crippen molar-refractivity contribution in [1.29, 1.82) is 0 Å². The van der Waals surface area contributed by atoms with Gasteiger partial charge in [-0.1, -0.05) is 12.1 Å². The van der Waals surface area contributed by atoms with Crippen molar-refractivity contribution in [3.8, 4) is 0 Å². The first-order valence-corrected chi connectivity index (χ1v) is 9.49. The van der Waals surface area contributed by atoms with Gasteiger partial charge in [0.05, 0.1) is 12.2 Å². The number of aliphatic imine (C=N–C) groups is 1. The first-order valence-electron chi connectivity index (χ1n) is 9.49. The molecule has 6 nitrogen and oxygen atoms in total. The lowest BCUT2D eigenvalue weighted by Crippen LogP contribution is -2.52. The van der Waals surface area contributed by atoms with E-state index in [0.29, 0.717) is 37.6 Å². The van der Waals surface area contributed by atoms with Gasteiger partial charge in [0.1, 0.15) is 28.8 Å². The number of carbonyl (C=O) groups is 2. The predicted octanol–water partition coefficient (Wildman–Crippen LogP) is 2.45. The van der Waals surface area contributed by atoms with E-state index in [1.807, 2.05) is 4.90 Å². The van der Waals surface area contributed by atoms with Crippen LogP contribution in [0.4, 0.5) is 18.9 Å². The van der Waals surface area contributed by atoms with Crippen LogP contribution in [0.15, 0.2) is 47.5 Å². The Hall–Kier alpha value is -3.20. The Labute approximate surface area is 170 Å². The van der Waals surface area contributed by atoms with Crippen LogP contribution < -0.4 is 10.6 Å². The van der Waals surface area contributed by atoms with Crippen molar-refractivity contribution >= 4 is 23.2 Å². The molecule has 2 aromatic rings. The van der Waals surface area contributed by atoms with Gasteiger partial charge in [-0.3, -0.25) is 19.5 Å². The highest BCUT2D eigenvalue weighted by Crippen LogP contribution is 2.29. The summed E-state index contributed by atoms with van der Waals surface area (Å²) in [6.07, 6.45) is 0.964. The Morgan fingerprint density at radius 1 is 1.10 bits per heavy atom. The average molecular weight is 416 g/mol. The highest BCUT2D eigenvalue weighted by molar-refractivity contribution is 6.46. The quantitative estimate of drug-likeness (QED) is 0.804. The molecule has 0 bridgehead atoms. The van der Waals surface area contributed by atoms with Crippen LogP contribution in [0.1, 0.15) is 18.4 Å². The number of hydrogen-bond donors (Lipinski definition) is 2. The molecule has 0 atom stereocenters. The summed E-state index contributed by atoms with van der Waals surface area (Å²) in [4.78, 5) is 31.0. The third-order valence-electron chi connectivity index (χ3n) is 5.24. The molecule has 30 heavy (non-hydrogen) atoms. The minimum atomic E-state index is -0.839. The zero-order valence-electron chi connectivity index (χ0n) is 15.9. The third kappa shape index (κ3) is 4.20. The number of likely N-dealkylation sites (tertiary alicyclic amines) is 1. The van der Waals surface area contributed by atoms with E-state index in [0.717, 1.165) is 6.07 Å². The van der Waals surface area contributed by atoms with E-state index < -0.39 is 29.0 Å². The van der Waals surface area contributed by atoms with Crippen LogP contribution in [-0.4, -0.2) is 47.7 Å². The van der Waals surface area contributed by atoms with Gasteiger partial charge >= 0.3 is 0 Å². The molecular formula is C21H19F3N4O2. The van der Waals surface area contributed by atoms with Gasteiger partial charge < -0.3 is 10.6 Å². The van der Waals surface area contributed by atoms with E-state index in [1.54, 1.807) is 6.07 Å².